The molecule has 0 aliphatic carbocycles. The first-order chi connectivity index (χ1) is 11.8. The number of aryl methyl sites for hydroxylation is 1. The molecule has 1 atom stereocenters. The first-order valence-corrected chi connectivity index (χ1v) is 9.18. The van der Waals surface area contributed by atoms with E-state index >= 15 is 0 Å². The molecule has 2 rings (SSSR count). The number of hydrogen-bond donors (Lipinski definition) is 1. The average molecular weight is 364 g/mol. The van der Waals surface area contributed by atoms with Gasteiger partial charge in [0.2, 0.25) is 10.0 Å². The van der Waals surface area contributed by atoms with Crippen LogP contribution in [-0.2, 0) is 10.0 Å². The van der Waals surface area contributed by atoms with E-state index in [0.717, 1.165) is 11.6 Å². The number of sulfonamides is 1. The quantitative estimate of drug-likeness (QED) is 0.600. The van der Waals surface area contributed by atoms with Gasteiger partial charge in [0.1, 0.15) is 5.75 Å². The van der Waals surface area contributed by atoms with E-state index in [1.54, 1.807) is 38.3 Å². The van der Waals surface area contributed by atoms with Gasteiger partial charge in [0, 0.05) is 17.7 Å². The number of nitrogens with one attached hydrogen (secondary N) is 1. The van der Waals surface area contributed by atoms with Crippen molar-refractivity contribution in [2.75, 3.05) is 7.11 Å². The lowest BCUT2D eigenvalue weighted by molar-refractivity contribution is -0.385. The molecule has 25 heavy (non-hydrogen) atoms. The van der Waals surface area contributed by atoms with Crippen LogP contribution < -0.4 is 9.46 Å². The number of nitrogens with zero attached hydrogens (tertiary/aromatic N) is 1. The Bertz CT molecular complexity index is 863. The molecule has 1 N–H and O–H groups in total. The van der Waals surface area contributed by atoms with E-state index in [-0.39, 0.29) is 10.6 Å². The highest BCUT2D eigenvalue weighted by atomic mass is 32.2. The minimum absolute atomic E-state index is 0.128. The fourth-order valence-electron chi connectivity index (χ4n) is 2.43. The number of rotatable bonds is 7. The van der Waals surface area contributed by atoms with Gasteiger partial charge in [-0.15, -0.1) is 0 Å². The maximum Gasteiger partial charge on any atom is 0.273 e. The number of methoxy groups -OCH3 is 1. The predicted octanol–water partition coefficient (Wildman–Crippen LogP) is 3.34. The molecule has 0 radical (unpaired) electrons. The van der Waals surface area contributed by atoms with Crippen LogP contribution in [0.1, 0.15) is 30.5 Å². The Morgan fingerprint density at radius 2 is 1.84 bits per heavy atom. The smallest absolute Gasteiger partial charge is 0.273 e. The summed E-state index contributed by atoms with van der Waals surface area (Å²) in [6.45, 7) is 3.42. The van der Waals surface area contributed by atoms with Gasteiger partial charge in [0.15, 0.2) is 0 Å². The molecule has 0 saturated heterocycles. The zero-order valence-electron chi connectivity index (χ0n) is 14.2. The van der Waals surface area contributed by atoms with Crippen LogP contribution in [0.4, 0.5) is 5.69 Å². The Morgan fingerprint density at radius 3 is 2.36 bits per heavy atom. The normalized spacial score (nSPS) is 12.6. The van der Waals surface area contributed by atoms with Gasteiger partial charge in [0.25, 0.3) is 5.69 Å². The molecule has 7 nitrogen and oxygen atoms in total. The summed E-state index contributed by atoms with van der Waals surface area (Å²) in [6.07, 6.45) is 0.527. The van der Waals surface area contributed by atoms with Crippen LogP contribution in [0.3, 0.4) is 0 Å². The van der Waals surface area contributed by atoms with Crippen molar-refractivity contribution in [2.45, 2.75) is 31.2 Å². The van der Waals surface area contributed by atoms with Crippen molar-refractivity contribution in [3.63, 3.8) is 0 Å². The second-order valence-corrected chi connectivity index (χ2v) is 7.27. The number of hydrogen-bond acceptors (Lipinski definition) is 5. The van der Waals surface area contributed by atoms with E-state index in [0.29, 0.717) is 17.7 Å². The van der Waals surface area contributed by atoms with Crippen molar-refractivity contribution < 1.29 is 18.1 Å². The molecule has 0 aliphatic rings. The molecular formula is C17H20N2O5S. The minimum Gasteiger partial charge on any atom is -0.497 e. The third-order valence-corrected chi connectivity index (χ3v) is 5.38. The molecule has 0 unspecified atom stereocenters. The zero-order chi connectivity index (χ0) is 18.6. The molecule has 2 aromatic rings. The standard InChI is InChI=1S/C17H20N2O5S/c1-4-16(13-6-8-14(24-3)9-7-13)18-25(22,23)15-10-5-12(2)17(11-15)19(20)21/h5-11,16,18H,4H2,1-3H3/t16-/m0/s1. The van der Waals surface area contributed by atoms with Crippen molar-refractivity contribution in [3.05, 3.63) is 63.7 Å². The Balaban J connectivity index is 2.32. The summed E-state index contributed by atoms with van der Waals surface area (Å²) in [7, 11) is -2.34. The fourth-order valence-corrected chi connectivity index (χ4v) is 3.76. The van der Waals surface area contributed by atoms with E-state index in [9.17, 15) is 18.5 Å². The van der Waals surface area contributed by atoms with Crippen molar-refractivity contribution in [3.8, 4) is 5.75 Å². The van der Waals surface area contributed by atoms with Crippen molar-refractivity contribution in [1.29, 1.82) is 0 Å². The molecule has 8 heteroatoms. The summed E-state index contributed by atoms with van der Waals surface area (Å²) in [4.78, 5) is 10.3. The highest BCUT2D eigenvalue weighted by molar-refractivity contribution is 7.89. The number of benzene rings is 2. The molecule has 2 aromatic carbocycles. The van der Waals surface area contributed by atoms with Gasteiger partial charge in [-0.1, -0.05) is 25.1 Å². The molecule has 0 aliphatic heterocycles. The third-order valence-electron chi connectivity index (χ3n) is 3.91. The molecule has 0 heterocycles. The van der Waals surface area contributed by atoms with Gasteiger partial charge in [0.05, 0.1) is 16.9 Å². The molecule has 0 bridgehead atoms. The van der Waals surface area contributed by atoms with E-state index < -0.39 is 21.0 Å². The van der Waals surface area contributed by atoms with Crippen LogP contribution in [0, 0.1) is 17.0 Å². The predicted molar refractivity (Wildman–Crippen MR) is 94.2 cm³/mol. The highest BCUT2D eigenvalue weighted by Gasteiger charge is 2.23. The van der Waals surface area contributed by atoms with E-state index in [1.165, 1.54) is 12.1 Å². The molecule has 0 aromatic heterocycles. The second kappa shape index (κ2) is 7.62. The van der Waals surface area contributed by atoms with Gasteiger partial charge >= 0.3 is 0 Å². The third kappa shape index (κ3) is 4.34. The molecule has 0 amide bonds. The van der Waals surface area contributed by atoms with E-state index in [1.807, 2.05) is 6.92 Å². The summed E-state index contributed by atoms with van der Waals surface area (Å²) in [6, 6.07) is 10.5. The summed E-state index contributed by atoms with van der Waals surface area (Å²) in [5.74, 6) is 0.676. The van der Waals surface area contributed by atoms with Gasteiger partial charge < -0.3 is 4.74 Å². The molecule has 0 fully saturated rings. The Morgan fingerprint density at radius 1 is 1.20 bits per heavy atom. The van der Waals surface area contributed by atoms with Crippen LogP contribution >= 0.6 is 0 Å². The largest absolute Gasteiger partial charge is 0.497 e. The summed E-state index contributed by atoms with van der Waals surface area (Å²) < 4.78 is 33.0. The van der Waals surface area contributed by atoms with E-state index in [2.05, 4.69) is 4.72 Å². The highest BCUT2D eigenvalue weighted by Crippen LogP contribution is 2.25. The van der Waals surface area contributed by atoms with Crippen LogP contribution in [0.25, 0.3) is 0 Å². The van der Waals surface area contributed by atoms with E-state index in [4.69, 9.17) is 4.74 Å². The SMILES string of the molecule is CC[C@H](NS(=O)(=O)c1ccc(C)c([N+](=O)[O-])c1)c1ccc(OC)cc1. The van der Waals surface area contributed by atoms with Crippen LogP contribution in [0.15, 0.2) is 47.4 Å². The summed E-state index contributed by atoms with van der Waals surface area (Å²) >= 11 is 0. The number of nitro benzene ring substituents is 1. The first-order valence-electron chi connectivity index (χ1n) is 7.69. The van der Waals surface area contributed by atoms with Crippen molar-refractivity contribution in [1.82, 2.24) is 4.72 Å². The second-order valence-electron chi connectivity index (χ2n) is 5.56. The molecule has 0 spiro atoms. The molecule has 134 valence electrons. The van der Waals surface area contributed by atoms with Gasteiger partial charge in [-0.2, -0.15) is 0 Å². The summed E-state index contributed by atoms with van der Waals surface area (Å²) in [5, 5.41) is 11.0. The monoisotopic (exact) mass is 364 g/mol. The molecular weight excluding hydrogens is 344 g/mol. The van der Waals surface area contributed by atoms with Crippen molar-refractivity contribution >= 4 is 15.7 Å². The lowest BCUT2D eigenvalue weighted by Crippen LogP contribution is -2.28. The first kappa shape index (κ1) is 18.9. The Hall–Kier alpha value is -2.45. The summed E-state index contributed by atoms with van der Waals surface area (Å²) in [5.41, 5.74) is 0.972. The van der Waals surface area contributed by atoms with Gasteiger partial charge in [-0.25, -0.2) is 13.1 Å². The molecule has 0 saturated carbocycles. The maximum atomic E-state index is 12.6. The lowest BCUT2D eigenvalue weighted by atomic mass is 10.1. The lowest BCUT2D eigenvalue weighted by Gasteiger charge is -2.18. The number of nitro groups is 1. The van der Waals surface area contributed by atoms with Crippen LogP contribution in [0.2, 0.25) is 0 Å². The minimum atomic E-state index is -3.89. The van der Waals surface area contributed by atoms with Gasteiger partial charge in [-0.05, 0) is 37.1 Å². The fraction of sp³-hybridized carbons (Fsp3) is 0.294. The maximum absolute atomic E-state index is 12.6. The van der Waals surface area contributed by atoms with Gasteiger partial charge in [-0.3, -0.25) is 10.1 Å². The van der Waals surface area contributed by atoms with Crippen LogP contribution in [-0.4, -0.2) is 20.5 Å². The zero-order valence-corrected chi connectivity index (χ0v) is 15.0. The topological polar surface area (TPSA) is 98.5 Å². The number of ether oxygens (including phenoxy) is 1. The Labute approximate surface area is 146 Å². The van der Waals surface area contributed by atoms with Crippen molar-refractivity contribution in [2.24, 2.45) is 0 Å². The average Bonchev–Trinajstić information content (AvgIpc) is 2.59. The Kier molecular flexibility index (Phi) is 5.76. The van der Waals surface area contributed by atoms with Crippen LogP contribution in [0.5, 0.6) is 5.75 Å².